The van der Waals surface area contributed by atoms with E-state index < -0.39 is 0 Å². The molecular weight excluding hydrogens is 293 g/mol. The van der Waals surface area contributed by atoms with E-state index in [0.29, 0.717) is 5.75 Å². The summed E-state index contributed by atoms with van der Waals surface area (Å²) in [5.74, 6) is 1.39. The van der Waals surface area contributed by atoms with Crippen molar-refractivity contribution in [3.05, 3.63) is 59.4 Å². The summed E-state index contributed by atoms with van der Waals surface area (Å²) in [5.41, 5.74) is 2.56. The third-order valence-corrected chi connectivity index (χ3v) is 4.83. The number of ether oxygens (including phenoxy) is 2. The van der Waals surface area contributed by atoms with Crippen LogP contribution in [-0.2, 0) is 13.0 Å². The minimum Gasteiger partial charge on any atom is -0.496 e. The van der Waals surface area contributed by atoms with E-state index in [0.717, 1.165) is 44.0 Å². The van der Waals surface area contributed by atoms with Gasteiger partial charge in [0.2, 0.25) is 0 Å². The first-order valence-corrected chi connectivity index (χ1v) is 7.93. The first-order valence-electron chi connectivity index (χ1n) is 7.93. The average molecular weight is 313 g/mol. The van der Waals surface area contributed by atoms with Crippen LogP contribution in [0.25, 0.3) is 0 Å². The predicted octanol–water partition coefficient (Wildman–Crippen LogP) is 3.27. The minimum atomic E-state index is -0.261. The van der Waals surface area contributed by atoms with Crippen LogP contribution in [0.2, 0.25) is 0 Å². The summed E-state index contributed by atoms with van der Waals surface area (Å²) >= 11 is 0. The lowest BCUT2D eigenvalue weighted by Gasteiger charge is -2.52. The van der Waals surface area contributed by atoms with Gasteiger partial charge in [0.25, 0.3) is 0 Å². The molecule has 4 heteroatoms. The number of benzene rings is 2. The van der Waals surface area contributed by atoms with E-state index in [9.17, 15) is 4.39 Å². The second kappa shape index (κ2) is 5.53. The molecule has 0 aromatic heterocycles. The molecule has 0 bridgehead atoms. The Morgan fingerprint density at radius 2 is 2.04 bits per heavy atom. The van der Waals surface area contributed by atoms with E-state index >= 15 is 0 Å². The van der Waals surface area contributed by atoms with Crippen LogP contribution in [0, 0.1) is 11.2 Å². The van der Waals surface area contributed by atoms with Crippen LogP contribution >= 0.6 is 0 Å². The maximum Gasteiger partial charge on any atom is 0.126 e. The molecule has 4 rings (SSSR count). The lowest BCUT2D eigenvalue weighted by atomic mass is 9.74. The smallest absolute Gasteiger partial charge is 0.126 e. The second-order valence-electron chi connectivity index (χ2n) is 6.67. The molecule has 2 heterocycles. The molecule has 1 saturated heterocycles. The van der Waals surface area contributed by atoms with Crippen molar-refractivity contribution < 1.29 is 13.9 Å². The van der Waals surface area contributed by atoms with E-state index in [1.165, 1.54) is 17.7 Å². The van der Waals surface area contributed by atoms with Gasteiger partial charge in [-0.2, -0.15) is 0 Å². The number of hydrogen-bond acceptors (Lipinski definition) is 3. The zero-order valence-electron chi connectivity index (χ0n) is 13.2. The molecule has 3 nitrogen and oxygen atoms in total. The zero-order chi connectivity index (χ0) is 15.9. The van der Waals surface area contributed by atoms with Gasteiger partial charge in [-0.05, 0) is 24.1 Å². The quantitative estimate of drug-likeness (QED) is 0.868. The zero-order valence-corrected chi connectivity index (χ0v) is 13.2. The molecule has 0 unspecified atom stereocenters. The van der Waals surface area contributed by atoms with Crippen LogP contribution in [0.1, 0.15) is 11.1 Å². The molecule has 0 saturated carbocycles. The fourth-order valence-corrected chi connectivity index (χ4v) is 3.78. The number of nitrogens with zero attached hydrogens (tertiary/aromatic N) is 1. The van der Waals surface area contributed by atoms with Crippen LogP contribution in [0.15, 0.2) is 42.5 Å². The number of rotatable bonds is 3. The van der Waals surface area contributed by atoms with E-state index in [1.54, 1.807) is 7.11 Å². The van der Waals surface area contributed by atoms with Crippen molar-refractivity contribution in [2.75, 3.05) is 26.8 Å². The molecule has 0 N–H and O–H groups in total. The van der Waals surface area contributed by atoms with Gasteiger partial charge in [-0.25, -0.2) is 4.39 Å². The maximum atomic E-state index is 13.3. The summed E-state index contributed by atoms with van der Waals surface area (Å²) in [6.07, 6.45) is 1.07. The Morgan fingerprint density at radius 1 is 1.22 bits per heavy atom. The van der Waals surface area contributed by atoms with Gasteiger partial charge in [-0.1, -0.05) is 24.3 Å². The molecule has 2 aromatic rings. The maximum absolute atomic E-state index is 13.3. The van der Waals surface area contributed by atoms with Gasteiger partial charge in [0, 0.05) is 36.7 Å². The molecule has 0 amide bonds. The third kappa shape index (κ3) is 2.68. The largest absolute Gasteiger partial charge is 0.496 e. The number of para-hydroxylation sites is 1. The molecule has 2 aliphatic rings. The highest BCUT2D eigenvalue weighted by Crippen LogP contribution is 2.41. The summed E-state index contributed by atoms with van der Waals surface area (Å²) in [5, 5.41) is 0. The van der Waals surface area contributed by atoms with Crippen molar-refractivity contribution in [1.29, 1.82) is 0 Å². The lowest BCUT2D eigenvalue weighted by molar-refractivity contribution is -0.0481. The molecule has 1 fully saturated rings. The van der Waals surface area contributed by atoms with Gasteiger partial charge >= 0.3 is 0 Å². The number of methoxy groups -OCH3 is 1. The molecule has 2 aromatic carbocycles. The Hall–Kier alpha value is -2.07. The molecule has 0 atom stereocenters. The van der Waals surface area contributed by atoms with Gasteiger partial charge in [0.15, 0.2) is 0 Å². The highest BCUT2D eigenvalue weighted by atomic mass is 19.1. The Morgan fingerprint density at radius 3 is 2.87 bits per heavy atom. The van der Waals surface area contributed by atoms with Gasteiger partial charge in [0.05, 0.1) is 13.7 Å². The summed E-state index contributed by atoms with van der Waals surface area (Å²) in [4.78, 5) is 2.37. The van der Waals surface area contributed by atoms with E-state index in [4.69, 9.17) is 9.47 Å². The topological polar surface area (TPSA) is 21.7 Å². The van der Waals surface area contributed by atoms with E-state index in [1.807, 2.05) is 18.2 Å². The molecule has 0 radical (unpaired) electrons. The highest BCUT2D eigenvalue weighted by Gasteiger charge is 2.46. The van der Waals surface area contributed by atoms with Crippen LogP contribution in [0.5, 0.6) is 11.5 Å². The first-order chi connectivity index (χ1) is 11.2. The normalized spacial score (nSPS) is 18.9. The molecule has 2 aliphatic heterocycles. The monoisotopic (exact) mass is 313 g/mol. The second-order valence-corrected chi connectivity index (χ2v) is 6.67. The average Bonchev–Trinajstić information content (AvgIpc) is 2.54. The minimum absolute atomic E-state index is 0.224. The number of halogens is 1. The van der Waals surface area contributed by atoms with Crippen molar-refractivity contribution in [3.63, 3.8) is 0 Å². The molecule has 23 heavy (non-hydrogen) atoms. The van der Waals surface area contributed by atoms with Crippen molar-refractivity contribution in [1.82, 2.24) is 4.90 Å². The standard InChI is InChI=1S/C19H20FNO2/c1-22-18-8-16(20)7-6-15(18)10-21-11-19(12-21)9-14-4-2-3-5-17(14)23-13-19/h2-8H,9-13H2,1H3. The number of likely N-dealkylation sites (tertiary alicyclic amines) is 1. The molecule has 120 valence electrons. The Balaban J connectivity index is 1.43. The SMILES string of the molecule is COc1cc(F)ccc1CN1CC2(COc3ccccc3C2)C1. The lowest BCUT2D eigenvalue weighted by Crippen LogP contribution is -2.60. The van der Waals surface area contributed by atoms with Crippen LogP contribution in [0.3, 0.4) is 0 Å². The van der Waals surface area contributed by atoms with Crippen molar-refractivity contribution in [2.24, 2.45) is 5.41 Å². The Bertz CT molecular complexity index is 725. The van der Waals surface area contributed by atoms with Gasteiger partial charge in [0.1, 0.15) is 17.3 Å². The summed E-state index contributed by atoms with van der Waals surface area (Å²) in [7, 11) is 1.59. The van der Waals surface area contributed by atoms with Crippen LogP contribution in [0.4, 0.5) is 4.39 Å². The Kier molecular flexibility index (Phi) is 3.49. The fraction of sp³-hybridized carbons (Fsp3) is 0.368. The summed E-state index contributed by atoms with van der Waals surface area (Å²) < 4.78 is 24.5. The summed E-state index contributed by atoms with van der Waals surface area (Å²) in [6, 6.07) is 13.0. The first kappa shape index (κ1) is 14.5. The highest BCUT2D eigenvalue weighted by molar-refractivity contribution is 5.37. The van der Waals surface area contributed by atoms with Crippen molar-refractivity contribution in [2.45, 2.75) is 13.0 Å². The third-order valence-electron chi connectivity index (χ3n) is 4.83. The van der Waals surface area contributed by atoms with Crippen LogP contribution < -0.4 is 9.47 Å². The molecular formula is C19H20FNO2. The molecule has 1 spiro atoms. The van der Waals surface area contributed by atoms with Gasteiger partial charge in [-0.15, -0.1) is 0 Å². The number of fused-ring (bicyclic) bond motifs is 1. The van der Waals surface area contributed by atoms with E-state index in [-0.39, 0.29) is 11.2 Å². The van der Waals surface area contributed by atoms with Crippen molar-refractivity contribution in [3.8, 4) is 11.5 Å². The Labute approximate surface area is 135 Å². The summed E-state index contributed by atoms with van der Waals surface area (Å²) in [6.45, 7) is 3.57. The van der Waals surface area contributed by atoms with Gasteiger partial charge in [-0.3, -0.25) is 4.90 Å². The van der Waals surface area contributed by atoms with Crippen molar-refractivity contribution >= 4 is 0 Å². The predicted molar refractivity (Wildman–Crippen MR) is 86.3 cm³/mol. The molecule has 0 aliphatic carbocycles. The number of hydrogen-bond donors (Lipinski definition) is 0. The fourth-order valence-electron chi connectivity index (χ4n) is 3.78. The van der Waals surface area contributed by atoms with Crippen LogP contribution in [-0.4, -0.2) is 31.7 Å². The van der Waals surface area contributed by atoms with Gasteiger partial charge < -0.3 is 9.47 Å². The van der Waals surface area contributed by atoms with E-state index in [2.05, 4.69) is 17.0 Å².